The molecule has 0 aromatic heterocycles. The first-order valence-electron chi connectivity index (χ1n) is 6.66. The third-order valence-corrected chi connectivity index (χ3v) is 6.40. The summed E-state index contributed by atoms with van der Waals surface area (Å²) < 4.78 is 22.7. The van der Waals surface area contributed by atoms with E-state index in [1.54, 1.807) is 0 Å². The molecule has 0 saturated carbocycles. The van der Waals surface area contributed by atoms with Gasteiger partial charge in [0.25, 0.3) is 0 Å². The summed E-state index contributed by atoms with van der Waals surface area (Å²) in [6, 6.07) is 0. The molecule has 1 saturated heterocycles. The average Bonchev–Trinajstić information content (AvgIpc) is 2.70. The third-order valence-electron chi connectivity index (χ3n) is 3.13. The third kappa shape index (κ3) is 7.14. The van der Waals surface area contributed by atoms with Crippen molar-refractivity contribution in [1.82, 2.24) is 9.80 Å². The predicted octanol–water partition coefficient (Wildman–Crippen LogP) is -0.618. The van der Waals surface area contributed by atoms with Crippen molar-refractivity contribution in [3.8, 4) is 0 Å². The van der Waals surface area contributed by atoms with E-state index in [-0.39, 0.29) is 35.0 Å². The second-order valence-corrected chi connectivity index (χ2v) is 8.87. The number of carboxylic acids is 1. The van der Waals surface area contributed by atoms with E-state index in [2.05, 4.69) is 0 Å². The van der Waals surface area contributed by atoms with Crippen LogP contribution in [0.4, 0.5) is 0 Å². The lowest BCUT2D eigenvalue weighted by atomic mass is 10.4. The molecule has 9 heteroatoms. The Morgan fingerprint density at radius 3 is 2.43 bits per heavy atom. The van der Waals surface area contributed by atoms with Gasteiger partial charge < -0.3 is 14.9 Å². The fourth-order valence-electron chi connectivity index (χ4n) is 1.95. The Kier molecular flexibility index (Phi) is 6.95. The number of thioether (sulfide) groups is 1. The van der Waals surface area contributed by atoms with Crippen molar-refractivity contribution in [3.63, 3.8) is 0 Å². The fraction of sp³-hybridized carbons (Fsp3) is 0.833. The second kappa shape index (κ2) is 8.00. The Morgan fingerprint density at radius 1 is 1.29 bits per heavy atom. The molecule has 1 atom stereocenters. The normalized spacial score (nSPS) is 20.6. The van der Waals surface area contributed by atoms with Crippen LogP contribution in [0.15, 0.2) is 0 Å². The molecule has 1 unspecified atom stereocenters. The molecule has 1 aliphatic rings. The molecule has 1 aliphatic heterocycles. The summed E-state index contributed by atoms with van der Waals surface area (Å²) in [5, 5.41) is 8.80. The van der Waals surface area contributed by atoms with E-state index in [0.717, 1.165) is 0 Å². The van der Waals surface area contributed by atoms with Crippen LogP contribution in [0.3, 0.4) is 0 Å². The molecule has 21 heavy (non-hydrogen) atoms. The molecule has 0 aromatic carbocycles. The van der Waals surface area contributed by atoms with Crippen LogP contribution in [0.5, 0.6) is 0 Å². The summed E-state index contributed by atoms with van der Waals surface area (Å²) in [4.78, 5) is 26.1. The van der Waals surface area contributed by atoms with Gasteiger partial charge in [0.05, 0.1) is 17.3 Å². The molecule has 7 nitrogen and oxygen atoms in total. The van der Waals surface area contributed by atoms with Crippen molar-refractivity contribution in [3.05, 3.63) is 0 Å². The van der Waals surface area contributed by atoms with Gasteiger partial charge in [0, 0.05) is 18.3 Å². The fourth-order valence-corrected chi connectivity index (χ4v) is 5.49. The van der Waals surface area contributed by atoms with Crippen LogP contribution < -0.4 is 0 Å². The molecule has 0 radical (unpaired) electrons. The maximum absolute atomic E-state index is 12.1. The maximum Gasteiger partial charge on any atom is 0.323 e. The quantitative estimate of drug-likeness (QED) is 0.630. The van der Waals surface area contributed by atoms with Crippen molar-refractivity contribution in [1.29, 1.82) is 0 Å². The zero-order valence-electron chi connectivity index (χ0n) is 12.3. The molecule has 1 N–H and O–H groups in total. The van der Waals surface area contributed by atoms with Gasteiger partial charge in [0.1, 0.15) is 6.54 Å². The summed E-state index contributed by atoms with van der Waals surface area (Å²) in [5.74, 6) is -0.884. The highest BCUT2D eigenvalue weighted by Gasteiger charge is 2.29. The van der Waals surface area contributed by atoms with Gasteiger partial charge in [0.2, 0.25) is 5.91 Å². The number of carbonyl (C=O) groups excluding carboxylic acids is 1. The zero-order valence-corrected chi connectivity index (χ0v) is 14.0. The van der Waals surface area contributed by atoms with Gasteiger partial charge >= 0.3 is 5.97 Å². The topological polar surface area (TPSA) is 95.0 Å². The first-order chi connectivity index (χ1) is 9.69. The molecule has 0 spiro atoms. The lowest BCUT2D eigenvalue weighted by molar-refractivity contribution is -0.143. The molecule has 122 valence electrons. The van der Waals surface area contributed by atoms with Crippen LogP contribution in [-0.2, 0) is 19.4 Å². The Balaban J connectivity index is 2.46. The standard InChI is InChI=1S/C12H22N2O5S2/c1-13(2)4-5-14(7-12(16)17)11(15)8-20-10-3-6-21(18,19)9-10/h10H,3-9H2,1-2H3,(H,16,17). The van der Waals surface area contributed by atoms with Crippen LogP contribution in [0.1, 0.15) is 6.42 Å². The van der Waals surface area contributed by atoms with E-state index in [1.807, 2.05) is 19.0 Å². The summed E-state index contributed by atoms with van der Waals surface area (Å²) in [7, 11) is 0.747. The first-order valence-corrected chi connectivity index (χ1v) is 9.53. The average molecular weight is 338 g/mol. The Bertz CT molecular complexity index is 478. The Morgan fingerprint density at radius 2 is 1.95 bits per heavy atom. The van der Waals surface area contributed by atoms with E-state index in [0.29, 0.717) is 19.5 Å². The number of rotatable bonds is 8. The molecule has 1 fully saturated rings. The number of nitrogens with zero attached hydrogens (tertiary/aromatic N) is 2. The van der Waals surface area contributed by atoms with Gasteiger partial charge in [-0.05, 0) is 20.5 Å². The van der Waals surface area contributed by atoms with Gasteiger partial charge in [-0.1, -0.05) is 0 Å². The summed E-state index contributed by atoms with van der Waals surface area (Å²) in [5.41, 5.74) is 0. The van der Waals surface area contributed by atoms with Gasteiger partial charge in [0.15, 0.2) is 9.84 Å². The molecule has 0 aromatic rings. The highest BCUT2D eigenvalue weighted by Crippen LogP contribution is 2.24. The number of carbonyl (C=O) groups is 2. The largest absolute Gasteiger partial charge is 0.480 e. The minimum absolute atomic E-state index is 0.0560. The van der Waals surface area contributed by atoms with Crippen LogP contribution >= 0.6 is 11.8 Å². The molecule has 1 amide bonds. The van der Waals surface area contributed by atoms with E-state index in [4.69, 9.17) is 5.11 Å². The second-order valence-electron chi connectivity index (χ2n) is 5.35. The molecule has 1 rings (SSSR count). The molecule has 0 bridgehead atoms. The molecular weight excluding hydrogens is 316 g/mol. The smallest absolute Gasteiger partial charge is 0.323 e. The number of sulfone groups is 1. The number of hydrogen-bond donors (Lipinski definition) is 1. The molecule has 1 heterocycles. The minimum atomic E-state index is -2.95. The summed E-state index contributed by atoms with van der Waals surface area (Å²) in [6.07, 6.45) is 0.566. The van der Waals surface area contributed by atoms with E-state index in [1.165, 1.54) is 16.7 Å². The van der Waals surface area contributed by atoms with E-state index < -0.39 is 15.8 Å². The highest BCUT2D eigenvalue weighted by molar-refractivity contribution is 8.02. The zero-order chi connectivity index (χ0) is 16.0. The predicted molar refractivity (Wildman–Crippen MR) is 82.3 cm³/mol. The van der Waals surface area contributed by atoms with Crippen LogP contribution in [0.25, 0.3) is 0 Å². The van der Waals surface area contributed by atoms with Gasteiger partial charge in [-0.2, -0.15) is 0 Å². The molecular formula is C12H22N2O5S2. The number of carboxylic acid groups (broad SMARTS) is 1. The maximum atomic E-state index is 12.1. The van der Waals surface area contributed by atoms with Crippen molar-refractivity contribution in [2.24, 2.45) is 0 Å². The summed E-state index contributed by atoms with van der Waals surface area (Å²) >= 11 is 1.31. The SMILES string of the molecule is CN(C)CCN(CC(=O)O)C(=O)CSC1CCS(=O)(=O)C1. The van der Waals surface area contributed by atoms with Crippen LogP contribution in [-0.4, -0.2) is 91.4 Å². The van der Waals surface area contributed by atoms with E-state index >= 15 is 0 Å². The van der Waals surface area contributed by atoms with Crippen LogP contribution in [0.2, 0.25) is 0 Å². The number of amides is 1. The summed E-state index contributed by atoms with van der Waals surface area (Å²) in [6.45, 7) is 0.610. The number of aliphatic carboxylic acids is 1. The lowest BCUT2D eigenvalue weighted by Crippen LogP contribution is -2.41. The highest BCUT2D eigenvalue weighted by atomic mass is 32.2. The van der Waals surface area contributed by atoms with Crippen LogP contribution in [0, 0.1) is 0 Å². The number of hydrogen-bond acceptors (Lipinski definition) is 6. The Hall–Kier alpha value is -0.800. The van der Waals surface area contributed by atoms with Gasteiger partial charge in [-0.25, -0.2) is 8.42 Å². The van der Waals surface area contributed by atoms with Crippen molar-refractivity contribution in [2.75, 3.05) is 51.0 Å². The van der Waals surface area contributed by atoms with Crippen molar-refractivity contribution in [2.45, 2.75) is 11.7 Å². The van der Waals surface area contributed by atoms with Crippen molar-refractivity contribution < 1.29 is 23.1 Å². The van der Waals surface area contributed by atoms with Crippen molar-refractivity contribution >= 4 is 33.5 Å². The van der Waals surface area contributed by atoms with Gasteiger partial charge in [-0.15, -0.1) is 11.8 Å². The first kappa shape index (κ1) is 18.2. The molecule has 0 aliphatic carbocycles. The number of likely N-dealkylation sites (N-methyl/N-ethyl adjacent to an activating group) is 1. The lowest BCUT2D eigenvalue weighted by Gasteiger charge is -2.23. The monoisotopic (exact) mass is 338 g/mol. The van der Waals surface area contributed by atoms with E-state index in [9.17, 15) is 18.0 Å². The van der Waals surface area contributed by atoms with Gasteiger partial charge in [-0.3, -0.25) is 9.59 Å². The Labute approximate surface area is 129 Å². The minimum Gasteiger partial charge on any atom is -0.480 e.